The van der Waals surface area contributed by atoms with E-state index in [0.717, 1.165) is 16.9 Å². The molecule has 2 aromatic rings. The second-order valence-corrected chi connectivity index (χ2v) is 5.63. The predicted molar refractivity (Wildman–Crippen MR) is 85.9 cm³/mol. The number of nitrogens with one attached hydrogen (secondary N) is 2. The van der Waals surface area contributed by atoms with Gasteiger partial charge in [-0.15, -0.1) is 0 Å². The van der Waals surface area contributed by atoms with Crippen LogP contribution in [0.3, 0.4) is 0 Å². The zero-order chi connectivity index (χ0) is 14.3. The van der Waals surface area contributed by atoms with Crippen LogP contribution in [0.25, 0.3) is 5.70 Å². The number of benzene rings is 2. The van der Waals surface area contributed by atoms with Crippen LogP contribution in [-0.2, 0) is 0 Å². The van der Waals surface area contributed by atoms with Crippen LogP contribution in [0.1, 0.15) is 28.4 Å². The van der Waals surface area contributed by atoms with Crippen molar-refractivity contribution < 1.29 is 0 Å². The van der Waals surface area contributed by atoms with Gasteiger partial charge in [0.25, 0.3) is 0 Å². The van der Waals surface area contributed by atoms with E-state index in [2.05, 4.69) is 49.3 Å². The van der Waals surface area contributed by atoms with E-state index in [1.165, 1.54) is 16.7 Å². The first-order valence-corrected chi connectivity index (χ1v) is 7.02. The van der Waals surface area contributed by atoms with Crippen molar-refractivity contribution in [1.29, 1.82) is 0 Å². The lowest BCUT2D eigenvalue weighted by Gasteiger charge is -2.32. The molecule has 0 spiro atoms. The molecule has 3 heteroatoms. The molecule has 3 rings (SSSR count). The van der Waals surface area contributed by atoms with Gasteiger partial charge < -0.3 is 10.6 Å². The lowest BCUT2D eigenvalue weighted by Crippen LogP contribution is -2.32. The molecule has 0 saturated heterocycles. The topological polar surface area (TPSA) is 24.1 Å². The van der Waals surface area contributed by atoms with E-state index < -0.39 is 0 Å². The first kappa shape index (κ1) is 13.1. The van der Waals surface area contributed by atoms with Crippen LogP contribution < -0.4 is 10.6 Å². The Kier molecular flexibility index (Phi) is 3.19. The van der Waals surface area contributed by atoms with E-state index in [1.54, 1.807) is 0 Å². The number of anilines is 1. The van der Waals surface area contributed by atoms with Crippen LogP contribution in [-0.4, -0.2) is 0 Å². The van der Waals surface area contributed by atoms with Crippen molar-refractivity contribution in [3.05, 3.63) is 70.3 Å². The monoisotopic (exact) mass is 284 g/mol. The molecule has 1 aliphatic rings. The fourth-order valence-corrected chi connectivity index (χ4v) is 2.98. The fourth-order valence-electron chi connectivity index (χ4n) is 2.69. The maximum atomic E-state index is 6.24. The molecule has 0 radical (unpaired) electrons. The molecule has 20 heavy (non-hydrogen) atoms. The molecule has 0 saturated carbocycles. The molecule has 1 unspecified atom stereocenters. The Balaban J connectivity index is 2.01. The Hall–Kier alpha value is -1.93. The minimum absolute atomic E-state index is 0.0223. The second-order valence-electron chi connectivity index (χ2n) is 5.22. The summed E-state index contributed by atoms with van der Waals surface area (Å²) in [5.41, 5.74) is 6.58. The first-order valence-electron chi connectivity index (χ1n) is 6.64. The van der Waals surface area contributed by atoms with E-state index in [0.29, 0.717) is 5.02 Å². The minimum Gasteiger partial charge on any atom is -0.362 e. The molecule has 1 atom stereocenters. The zero-order valence-corrected chi connectivity index (χ0v) is 12.4. The molecule has 0 amide bonds. The molecule has 0 bridgehead atoms. The summed E-state index contributed by atoms with van der Waals surface area (Å²) in [5, 5.41) is 7.60. The first-order chi connectivity index (χ1) is 9.56. The molecule has 102 valence electrons. The van der Waals surface area contributed by atoms with Crippen molar-refractivity contribution in [3.8, 4) is 0 Å². The summed E-state index contributed by atoms with van der Waals surface area (Å²) >= 11 is 6.24. The van der Waals surface area contributed by atoms with Crippen molar-refractivity contribution in [2.75, 3.05) is 5.32 Å². The zero-order valence-electron chi connectivity index (χ0n) is 11.6. The molecule has 0 fully saturated rings. The number of hydrogen-bond donors (Lipinski definition) is 2. The number of rotatable bonds is 1. The standard InChI is InChI=1S/C17H17ClN2/c1-10-7-8-13(11(2)9-10)17-19-12(3)16-14(18)5-4-6-15(16)20-17/h4-9,17,19-20H,3H2,1-2H3. The van der Waals surface area contributed by atoms with Gasteiger partial charge in [0.2, 0.25) is 0 Å². The Morgan fingerprint density at radius 3 is 2.65 bits per heavy atom. The van der Waals surface area contributed by atoms with Gasteiger partial charge in [-0.3, -0.25) is 0 Å². The third-order valence-corrected chi connectivity index (χ3v) is 3.99. The van der Waals surface area contributed by atoms with Crippen LogP contribution in [0.5, 0.6) is 0 Å². The normalized spacial score (nSPS) is 17.1. The average Bonchev–Trinajstić information content (AvgIpc) is 2.38. The Morgan fingerprint density at radius 2 is 1.90 bits per heavy atom. The number of halogens is 1. The van der Waals surface area contributed by atoms with Crippen molar-refractivity contribution in [1.82, 2.24) is 5.32 Å². The lowest BCUT2D eigenvalue weighted by molar-refractivity contribution is 0.698. The minimum atomic E-state index is 0.0223. The van der Waals surface area contributed by atoms with Crippen LogP contribution >= 0.6 is 11.6 Å². The van der Waals surface area contributed by atoms with E-state index in [1.807, 2.05) is 18.2 Å². The van der Waals surface area contributed by atoms with Gasteiger partial charge in [-0.25, -0.2) is 0 Å². The van der Waals surface area contributed by atoms with E-state index in [9.17, 15) is 0 Å². The number of fused-ring (bicyclic) bond motifs is 1. The predicted octanol–water partition coefficient (Wildman–Crippen LogP) is 4.64. The lowest BCUT2D eigenvalue weighted by atomic mass is 9.99. The third-order valence-electron chi connectivity index (χ3n) is 3.67. The van der Waals surface area contributed by atoms with Gasteiger partial charge in [-0.1, -0.05) is 48.0 Å². The largest absolute Gasteiger partial charge is 0.362 e. The summed E-state index contributed by atoms with van der Waals surface area (Å²) in [6, 6.07) is 12.3. The van der Waals surface area contributed by atoms with Gasteiger partial charge in [-0.05, 0) is 37.1 Å². The van der Waals surface area contributed by atoms with Gasteiger partial charge in [-0.2, -0.15) is 0 Å². The van der Waals surface area contributed by atoms with Crippen LogP contribution in [0, 0.1) is 13.8 Å². The van der Waals surface area contributed by atoms with Crippen molar-refractivity contribution >= 4 is 23.0 Å². The number of aryl methyl sites for hydroxylation is 2. The van der Waals surface area contributed by atoms with Crippen molar-refractivity contribution in [2.24, 2.45) is 0 Å². The molecule has 1 aliphatic heterocycles. The van der Waals surface area contributed by atoms with Gasteiger partial charge in [0.15, 0.2) is 0 Å². The summed E-state index contributed by atoms with van der Waals surface area (Å²) in [6.07, 6.45) is 0.0223. The van der Waals surface area contributed by atoms with Crippen LogP contribution in [0.4, 0.5) is 5.69 Å². The van der Waals surface area contributed by atoms with E-state index >= 15 is 0 Å². The van der Waals surface area contributed by atoms with Crippen LogP contribution in [0.2, 0.25) is 5.02 Å². The van der Waals surface area contributed by atoms with Crippen molar-refractivity contribution in [2.45, 2.75) is 20.0 Å². The fraction of sp³-hybridized carbons (Fsp3) is 0.176. The Morgan fingerprint density at radius 1 is 1.10 bits per heavy atom. The molecule has 2 N–H and O–H groups in total. The van der Waals surface area contributed by atoms with E-state index in [-0.39, 0.29) is 6.17 Å². The van der Waals surface area contributed by atoms with Gasteiger partial charge >= 0.3 is 0 Å². The maximum absolute atomic E-state index is 6.24. The number of hydrogen-bond acceptors (Lipinski definition) is 2. The summed E-state index contributed by atoms with van der Waals surface area (Å²) < 4.78 is 0. The molecular formula is C17H17ClN2. The highest BCUT2D eigenvalue weighted by Crippen LogP contribution is 2.36. The highest BCUT2D eigenvalue weighted by molar-refractivity contribution is 6.33. The highest BCUT2D eigenvalue weighted by atomic mass is 35.5. The van der Waals surface area contributed by atoms with Gasteiger partial charge in [0.1, 0.15) is 6.17 Å². The van der Waals surface area contributed by atoms with Gasteiger partial charge in [0.05, 0.1) is 5.02 Å². The highest BCUT2D eigenvalue weighted by Gasteiger charge is 2.23. The molecule has 0 aromatic heterocycles. The third kappa shape index (κ3) is 2.16. The van der Waals surface area contributed by atoms with E-state index in [4.69, 9.17) is 11.6 Å². The van der Waals surface area contributed by atoms with Gasteiger partial charge in [0, 0.05) is 16.9 Å². The average molecular weight is 285 g/mol. The summed E-state index contributed by atoms with van der Waals surface area (Å²) in [7, 11) is 0. The van der Waals surface area contributed by atoms with Crippen LogP contribution in [0.15, 0.2) is 43.0 Å². The molecular weight excluding hydrogens is 268 g/mol. The summed E-state index contributed by atoms with van der Waals surface area (Å²) in [6.45, 7) is 8.33. The quantitative estimate of drug-likeness (QED) is 0.797. The molecule has 2 aromatic carbocycles. The Bertz CT molecular complexity index is 691. The molecule has 0 aliphatic carbocycles. The summed E-state index contributed by atoms with van der Waals surface area (Å²) in [4.78, 5) is 0. The second kappa shape index (κ2) is 4.88. The SMILES string of the molecule is C=C1NC(c2ccc(C)cc2C)Nc2cccc(Cl)c21. The molecule has 2 nitrogen and oxygen atoms in total. The van der Waals surface area contributed by atoms with Crippen molar-refractivity contribution in [3.63, 3.8) is 0 Å². The Labute approximate surface area is 124 Å². The maximum Gasteiger partial charge on any atom is 0.123 e. The smallest absolute Gasteiger partial charge is 0.123 e. The molecule has 1 heterocycles. The summed E-state index contributed by atoms with van der Waals surface area (Å²) in [5.74, 6) is 0.